The zero-order chi connectivity index (χ0) is 27.1. The smallest absolute Gasteiger partial charge is 0.340 e. The first-order chi connectivity index (χ1) is 17.7. The van der Waals surface area contributed by atoms with Crippen LogP contribution in [-0.2, 0) is 15.7 Å². The third-order valence-electron chi connectivity index (χ3n) is 6.60. The van der Waals surface area contributed by atoms with Crippen LogP contribution in [0.15, 0.2) is 59.5 Å². The van der Waals surface area contributed by atoms with Gasteiger partial charge in [-0.05, 0) is 92.4 Å². The first-order valence-corrected chi connectivity index (χ1v) is 14.0. The molecule has 0 fully saturated rings. The molecule has 0 radical (unpaired) electrons. The fourth-order valence-electron chi connectivity index (χ4n) is 4.43. The summed E-state index contributed by atoms with van der Waals surface area (Å²) in [6.07, 6.45) is 3.41. The number of benzene rings is 3. The maximum absolute atomic E-state index is 12.4. The van der Waals surface area contributed by atoms with E-state index in [1.54, 1.807) is 25.2 Å². The van der Waals surface area contributed by atoms with E-state index in [0.29, 0.717) is 22.1 Å². The molecule has 0 aliphatic carbocycles. The highest BCUT2D eigenvalue weighted by Crippen LogP contribution is 2.36. The summed E-state index contributed by atoms with van der Waals surface area (Å²) in [7, 11) is 3.51. The molecule has 3 rings (SSSR count). The highest BCUT2D eigenvalue weighted by Gasteiger charge is 2.17. The van der Waals surface area contributed by atoms with Crippen LogP contribution in [-0.4, -0.2) is 31.4 Å². The number of esters is 1. The topological polar surface area (TPSA) is 70.7 Å². The average Bonchev–Trinajstić information content (AvgIpc) is 2.91. The minimum Gasteiger partial charge on any atom is -0.465 e. The zero-order valence-corrected chi connectivity index (χ0v) is 23.9. The van der Waals surface area contributed by atoms with E-state index < -0.39 is 17.0 Å². The SMILES string of the molecule is CCCC(CC)c1ccc(N(C)c2ccc(Nc3ccc(S(=O)NC)cc3C(=O)OC)c(C)c2)c(Cl)c1. The maximum atomic E-state index is 12.4. The van der Waals surface area contributed by atoms with Gasteiger partial charge in [0.05, 0.1) is 34.0 Å². The van der Waals surface area contributed by atoms with E-state index in [4.69, 9.17) is 16.3 Å². The molecule has 2 unspecified atom stereocenters. The summed E-state index contributed by atoms with van der Waals surface area (Å²) in [6, 6.07) is 17.5. The van der Waals surface area contributed by atoms with Gasteiger partial charge in [0.25, 0.3) is 0 Å². The van der Waals surface area contributed by atoms with Crippen LogP contribution in [0.4, 0.5) is 22.7 Å². The summed E-state index contributed by atoms with van der Waals surface area (Å²) in [4.78, 5) is 15.0. The fourth-order valence-corrected chi connectivity index (χ4v) is 5.40. The molecule has 2 N–H and O–H groups in total. The van der Waals surface area contributed by atoms with Crippen molar-refractivity contribution in [1.29, 1.82) is 0 Å². The van der Waals surface area contributed by atoms with Crippen LogP contribution in [0, 0.1) is 6.92 Å². The molecule has 3 aromatic carbocycles. The van der Waals surface area contributed by atoms with Crippen LogP contribution in [0.2, 0.25) is 5.02 Å². The molecule has 6 nitrogen and oxygen atoms in total. The molecule has 0 heterocycles. The molecule has 0 saturated carbocycles. The highest BCUT2D eigenvalue weighted by atomic mass is 35.5. The Kier molecular flexibility index (Phi) is 10.1. The van der Waals surface area contributed by atoms with Gasteiger partial charge in [0, 0.05) is 18.4 Å². The molecule has 2 atom stereocenters. The number of aryl methyl sites for hydroxylation is 1. The second-order valence-corrected chi connectivity index (χ2v) is 10.8. The molecule has 0 spiro atoms. The molecule has 8 heteroatoms. The predicted molar refractivity (Wildman–Crippen MR) is 155 cm³/mol. The van der Waals surface area contributed by atoms with Crippen LogP contribution in [0.3, 0.4) is 0 Å². The number of carbonyl (C=O) groups is 1. The van der Waals surface area contributed by atoms with E-state index in [0.717, 1.165) is 46.9 Å². The van der Waals surface area contributed by atoms with Gasteiger partial charge in [0.2, 0.25) is 0 Å². The molecular formula is C29H36ClN3O3S. The number of ether oxygens (including phenoxy) is 1. The van der Waals surface area contributed by atoms with Crippen LogP contribution in [0.1, 0.15) is 60.5 Å². The second-order valence-electron chi connectivity index (χ2n) is 8.96. The number of rotatable bonds is 11. The van der Waals surface area contributed by atoms with E-state index in [2.05, 4.69) is 53.1 Å². The summed E-state index contributed by atoms with van der Waals surface area (Å²) in [6.45, 7) is 6.44. The van der Waals surface area contributed by atoms with Gasteiger partial charge in [-0.15, -0.1) is 0 Å². The molecule has 3 aromatic rings. The largest absolute Gasteiger partial charge is 0.465 e. The number of halogens is 1. The number of hydrogen-bond donors (Lipinski definition) is 2. The number of anilines is 4. The molecular weight excluding hydrogens is 506 g/mol. The minimum atomic E-state index is -1.42. The summed E-state index contributed by atoms with van der Waals surface area (Å²) in [5.74, 6) is 0.0189. The van der Waals surface area contributed by atoms with Gasteiger partial charge in [-0.1, -0.05) is 37.9 Å². The van der Waals surface area contributed by atoms with Gasteiger partial charge in [-0.2, -0.15) is 0 Å². The molecule has 0 aliphatic rings. The van der Waals surface area contributed by atoms with Crippen LogP contribution >= 0.6 is 11.6 Å². The molecule has 0 bridgehead atoms. The number of hydrogen-bond acceptors (Lipinski definition) is 5. The zero-order valence-electron chi connectivity index (χ0n) is 22.4. The Morgan fingerprint density at radius 3 is 2.41 bits per heavy atom. The van der Waals surface area contributed by atoms with Crippen molar-refractivity contribution in [3.63, 3.8) is 0 Å². The average molecular weight is 542 g/mol. The Bertz CT molecular complexity index is 1280. The molecule has 0 aliphatic heterocycles. The number of nitrogens with one attached hydrogen (secondary N) is 2. The summed E-state index contributed by atoms with van der Waals surface area (Å²) >= 11 is 6.74. The normalized spacial score (nSPS) is 12.6. The van der Waals surface area contributed by atoms with Gasteiger partial charge in [-0.3, -0.25) is 0 Å². The van der Waals surface area contributed by atoms with Crippen molar-refractivity contribution >= 4 is 51.3 Å². The maximum Gasteiger partial charge on any atom is 0.340 e. The van der Waals surface area contributed by atoms with Gasteiger partial charge in [0.1, 0.15) is 11.0 Å². The van der Waals surface area contributed by atoms with Crippen molar-refractivity contribution < 1.29 is 13.7 Å². The van der Waals surface area contributed by atoms with E-state index in [-0.39, 0.29) is 0 Å². The van der Waals surface area contributed by atoms with Crippen molar-refractivity contribution in [2.75, 3.05) is 31.4 Å². The van der Waals surface area contributed by atoms with Crippen LogP contribution < -0.4 is 14.9 Å². The Labute approximate surface area is 228 Å². The third-order valence-corrected chi connectivity index (χ3v) is 7.95. The highest BCUT2D eigenvalue weighted by molar-refractivity contribution is 7.83. The van der Waals surface area contributed by atoms with E-state index in [9.17, 15) is 9.00 Å². The lowest BCUT2D eigenvalue weighted by Crippen LogP contribution is -2.13. The van der Waals surface area contributed by atoms with Crippen molar-refractivity contribution in [2.24, 2.45) is 0 Å². The Balaban J connectivity index is 1.87. The number of carbonyl (C=O) groups excluding carboxylic acids is 1. The third kappa shape index (κ3) is 6.72. The fraction of sp³-hybridized carbons (Fsp3) is 0.345. The molecule has 0 aromatic heterocycles. The van der Waals surface area contributed by atoms with Crippen LogP contribution in [0.25, 0.3) is 0 Å². The molecule has 198 valence electrons. The predicted octanol–water partition coefficient (Wildman–Crippen LogP) is 7.48. The first-order valence-electron chi connectivity index (χ1n) is 12.5. The van der Waals surface area contributed by atoms with Crippen molar-refractivity contribution in [3.05, 3.63) is 76.3 Å². The van der Waals surface area contributed by atoms with Gasteiger partial charge in [0.15, 0.2) is 0 Å². The van der Waals surface area contributed by atoms with Crippen LogP contribution in [0.5, 0.6) is 0 Å². The van der Waals surface area contributed by atoms with E-state index >= 15 is 0 Å². The Morgan fingerprint density at radius 1 is 1.08 bits per heavy atom. The summed E-state index contributed by atoms with van der Waals surface area (Å²) in [5.41, 5.74) is 5.94. The van der Waals surface area contributed by atoms with Gasteiger partial charge >= 0.3 is 5.97 Å². The number of nitrogens with zero attached hydrogens (tertiary/aromatic N) is 1. The first kappa shape index (κ1) is 28.7. The Morgan fingerprint density at radius 2 is 1.81 bits per heavy atom. The van der Waals surface area contributed by atoms with E-state index in [1.165, 1.54) is 12.7 Å². The monoisotopic (exact) mass is 541 g/mol. The quantitative estimate of drug-likeness (QED) is 0.246. The van der Waals surface area contributed by atoms with E-state index in [1.807, 2.05) is 26.1 Å². The summed E-state index contributed by atoms with van der Waals surface area (Å²) in [5, 5.41) is 4.06. The summed E-state index contributed by atoms with van der Waals surface area (Å²) < 4.78 is 19.8. The number of methoxy groups -OCH3 is 1. The molecule has 37 heavy (non-hydrogen) atoms. The lowest BCUT2D eigenvalue weighted by atomic mass is 9.92. The van der Waals surface area contributed by atoms with Gasteiger partial charge < -0.3 is 15.0 Å². The Hall–Kier alpha value is -2.87. The second kappa shape index (κ2) is 13.1. The minimum absolute atomic E-state index is 0.310. The van der Waals surface area contributed by atoms with Crippen molar-refractivity contribution in [2.45, 2.75) is 50.8 Å². The molecule has 0 saturated heterocycles. The van der Waals surface area contributed by atoms with Crippen molar-refractivity contribution in [3.8, 4) is 0 Å². The standard InChI is InChI=1S/C29H36ClN3O3S/c1-7-9-20(8-2)21-10-15-28(25(30)17-21)33(5)22-11-13-26(19(3)16-22)32-27-14-12-23(37(35)31-4)18-24(27)29(34)36-6/h10-18,20,31-32H,7-9H2,1-6H3. The lowest BCUT2D eigenvalue weighted by molar-refractivity contribution is 0.0601. The van der Waals surface area contributed by atoms with Crippen molar-refractivity contribution in [1.82, 2.24) is 4.72 Å². The molecule has 0 amide bonds. The van der Waals surface area contributed by atoms with Gasteiger partial charge in [-0.25, -0.2) is 13.7 Å². The lowest BCUT2D eigenvalue weighted by Gasteiger charge is -2.24.